The molecule has 1 unspecified atom stereocenters. The van der Waals surface area contributed by atoms with Gasteiger partial charge in [0.2, 0.25) is 0 Å². The van der Waals surface area contributed by atoms with Crippen LogP contribution in [0.5, 0.6) is 0 Å². The van der Waals surface area contributed by atoms with E-state index in [-0.39, 0.29) is 16.9 Å². The molecule has 3 aromatic rings. The summed E-state index contributed by atoms with van der Waals surface area (Å²) in [4.78, 5) is 0. The van der Waals surface area contributed by atoms with Gasteiger partial charge in [-0.15, -0.1) is 11.3 Å². The van der Waals surface area contributed by atoms with Gasteiger partial charge in [0.15, 0.2) is 0 Å². The van der Waals surface area contributed by atoms with Crippen molar-refractivity contribution in [3.8, 4) is 0 Å². The van der Waals surface area contributed by atoms with Gasteiger partial charge in [-0.05, 0) is 47.5 Å². The zero-order valence-electron chi connectivity index (χ0n) is 11.6. The summed E-state index contributed by atoms with van der Waals surface area (Å²) in [6.45, 7) is 0. The number of nitrogens with one attached hydrogen (secondary N) is 1. The highest BCUT2D eigenvalue weighted by atomic mass is 35.5. The van der Waals surface area contributed by atoms with Crippen LogP contribution in [0.1, 0.15) is 17.2 Å². The van der Waals surface area contributed by atoms with Crippen molar-refractivity contribution < 1.29 is 4.39 Å². The summed E-state index contributed by atoms with van der Waals surface area (Å²) in [5.74, 6) is -0.322. The predicted octanol–water partition coefficient (Wildman–Crippen LogP) is 5.20. The van der Waals surface area contributed by atoms with Crippen LogP contribution in [0.3, 0.4) is 0 Å². The largest absolute Gasteiger partial charge is 0.313 e. The number of halogens is 2. The fourth-order valence-electron chi connectivity index (χ4n) is 2.58. The molecule has 0 spiro atoms. The highest BCUT2D eigenvalue weighted by Crippen LogP contribution is 2.31. The maximum Gasteiger partial charge on any atom is 0.145 e. The van der Waals surface area contributed by atoms with Crippen LogP contribution in [0.15, 0.2) is 47.8 Å². The molecule has 0 amide bonds. The monoisotopic (exact) mass is 319 g/mol. The molecule has 1 nitrogen and oxygen atoms in total. The molecule has 4 heteroatoms. The quantitative estimate of drug-likeness (QED) is 0.697. The van der Waals surface area contributed by atoms with Crippen LogP contribution < -0.4 is 5.32 Å². The molecule has 1 N–H and O–H groups in total. The van der Waals surface area contributed by atoms with Crippen LogP contribution in [0.25, 0.3) is 10.1 Å². The average molecular weight is 320 g/mol. The van der Waals surface area contributed by atoms with E-state index in [1.807, 2.05) is 13.1 Å². The summed E-state index contributed by atoms with van der Waals surface area (Å²) in [6.07, 6.45) is 0.569. The lowest BCUT2D eigenvalue weighted by atomic mass is 9.98. The van der Waals surface area contributed by atoms with E-state index in [0.717, 1.165) is 0 Å². The molecule has 0 fully saturated rings. The van der Waals surface area contributed by atoms with E-state index >= 15 is 0 Å². The molecule has 3 rings (SSSR count). The van der Waals surface area contributed by atoms with Crippen LogP contribution in [-0.4, -0.2) is 7.05 Å². The van der Waals surface area contributed by atoms with Crippen molar-refractivity contribution in [2.75, 3.05) is 7.05 Å². The first-order valence-electron chi connectivity index (χ1n) is 6.77. The fourth-order valence-corrected chi connectivity index (χ4v) is 3.75. The van der Waals surface area contributed by atoms with Gasteiger partial charge in [0.25, 0.3) is 0 Å². The summed E-state index contributed by atoms with van der Waals surface area (Å²) >= 11 is 7.59. The third-order valence-corrected chi connectivity index (χ3v) is 4.96. The van der Waals surface area contributed by atoms with Crippen molar-refractivity contribution in [3.63, 3.8) is 0 Å². The van der Waals surface area contributed by atoms with Crippen molar-refractivity contribution in [3.05, 3.63) is 69.8 Å². The second-order valence-corrected chi connectivity index (χ2v) is 6.27. The van der Waals surface area contributed by atoms with Gasteiger partial charge in [-0.2, -0.15) is 0 Å². The number of rotatable bonds is 4. The third-order valence-electron chi connectivity index (χ3n) is 3.69. The van der Waals surface area contributed by atoms with Crippen molar-refractivity contribution in [2.24, 2.45) is 0 Å². The van der Waals surface area contributed by atoms with E-state index in [4.69, 9.17) is 11.6 Å². The van der Waals surface area contributed by atoms with Crippen LogP contribution in [0.2, 0.25) is 5.02 Å². The SMILES string of the molecule is CNC(Cc1cccc(Cl)c1F)c1cccc2ccsc12. The number of fused-ring (bicyclic) bond motifs is 1. The molecule has 1 aromatic heterocycles. The minimum Gasteiger partial charge on any atom is -0.313 e. The number of hydrogen-bond donors (Lipinski definition) is 1. The summed E-state index contributed by atoms with van der Waals surface area (Å²) in [5, 5.41) is 6.78. The van der Waals surface area contributed by atoms with Gasteiger partial charge in [-0.1, -0.05) is 41.9 Å². The maximum atomic E-state index is 14.1. The van der Waals surface area contributed by atoms with Gasteiger partial charge in [-0.3, -0.25) is 0 Å². The highest BCUT2D eigenvalue weighted by Gasteiger charge is 2.16. The zero-order valence-corrected chi connectivity index (χ0v) is 13.1. The highest BCUT2D eigenvalue weighted by molar-refractivity contribution is 7.17. The Bertz CT molecular complexity index is 768. The molecule has 1 heterocycles. The molecule has 0 bridgehead atoms. The Morgan fingerprint density at radius 1 is 1.19 bits per heavy atom. The normalized spacial score (nSPS) is 12.7. The molecule has 0 saturated carbocycles. The molecule has 2 aromatic carbocycles. The molecule has 21 heavy (non-hydrogen) atoms. The van der Waals surface area contributed by atoms with E-state index in [1.54, 1.807) is 29.5 Å². The summed E-state index contributed by atoms with van der Waals surface area (Å²) in [7, 11) is 1.90. The second kappa shape index (κ2) is 6.14. The van der Waals surface area contributed by atoms with Crippen molar-refractivity contribution in [1.29, 1.82) is 0 Å². The van der Waals surface area contributed by atoms with Gasteiger partial charge in [-0.25, -0.2) is 4.39 Å². The Morgan fingerprint density at radius 3 is 2.81 bits per heavy atom. The standard InChI is InChI=1S/C17H15ClFNS/c1-20-15(10-12-5-3-7-14(18)16(12)19)13-6-2-4-11-8-9-21-17(11)13/h2-9,15,20H,10H2,1H3. The first-order valence-corrected chi connectivity index (χ1v) is 8.02. The molecule has 0 aliphatic rings. The number of thiophene rings is 1. The zero-order chi connectivity index (χ0) is 14.8. The van der Waals surface area contributed by atoms with E-state index in [0.29, 0.717) is 12.0 Å². The smallest absolute Gasteiger partial charge is 0.145 e. The Morgan fingerprint density at radius 2 is 2.00 bits per heavy atom. The number of benzene rings is 2. The van der Waals surface area contributed by atoms with E-state index in [1.165, 1.54) is 15.6 Å². The number of hydrogen-bond acceptors (Lipinski definition) is 2. The molecule has 1 atom stereocenters. The van der Waals surface area contributed by atoms with Gasteiger partial charge < -0.3 is 5.32 Å². The Hall–Kier alpha value is -1.42. The molecule has 0 aliphatic carbocycles. The lowest BCUT2D eigenvalue weighted by Gasteiger charge is -2.18. The Balaban J connectivity index is 1.99. The lowest BCUT2D eigenvalue weighted by molar-refractivity contribution is 0.557. The van der Waals surface area contributed by atoms with Crippen molar-refractivity contribution in [1.82, 2.24) is 5.32 Å². The minimum absolute atomic E-state index is 0.0558. The third kappa shape index (κ3) is 2.82. The van der Waals surface area contributed by atoms with Gasteiger partial charge in [0.1, 0.15) is 5.82 Å². The minimum atomic E-state index is -0.322. The van der Waals surface area contributed by atoms with Crippen molar-refractivity contribution >= 4 is 33.0 Å². The van der Waals surface area contributed by atoms with E-state index in [9.17, 15) is 4.39 Å². The Kier molecular flexibility index (Phi) is 4.24. The summed E-state index contributed by atoms with van der Waals surface area (Å²) in [5.41, 5.74) is 1.83. The summed E-state index contributed by atoms with van der Waals surface area (Å²) in [6, 6.07) is 13.6. The van der Waals surface area contributed by atoms with Gasteiger partial charge >= 0.3 is 0 Å². The second-order valence-electron chi connectivity index (χ2n) is 4.94. The molecular formula is C17H15ClFNS. The lowest BCUT2D eigenvalue weighted by Crippen LogP contribution is -2.19. The molecule has 0 saturated heterocycles. The molecule has 0 aliphatic heterocycles. The van der Waals surface area contributed by atoms with Crippen molar-refractivity contribution in [2.45, 2.75) is 12.5 Å². The van der Waals surface area contributed by atoms with Crippen LogP contribution in [0.4, 0.5) is 4.39 Å². The van der Waals surface area contributed by atoms with Gasteiger partial charge in [0.05, 0.1) is 5.02 Å². The molecule has 0 radical (unpaired) electrons. The number of likely N-dealkylation sites (N-methyl/N-ethyl adjacent to an activating group) is 1. The average Bonchev–Trinajstić information content (AvgIpc) is 2.97. The fraction of sp³-hybridized carbons (Fsp3) is 0.176. The predicted molar refractivity (Wildman–Crippen MR) is 88.7 cm³/mol. The van der Waals surface area contributed by atoms with E-state index < -0.39 is 0 Å². The molecular weight excluding hydrogens is 305 g/mol. The first kappa shape index (κ1) is 14.5. The first-order chi connectivity index (χ1) is 10.2. The van der Waals surface area contributed by atoms with Crippen LogP contribution in [-0.2, 0) is 6.42 Å². The molecule has 108 valence electrons. The maximum absolute atomic E-state index is 14.1. The Labute approximate surface area is 132 Å². The summed E-state index contributed by atoms with van der Waals surface area (Å²) < 4.78 is 15.4. The van der Waals surface area contributed by atoms with Crippen LogP contribution in [0, 0.1) is 5.82 Å². The van der Waals surface area contributed by atoms with Crippen LogP contribution >= 0.6 is 22.9 Å². The topological polar surface area (TPSA) is 12.0 Å². The van der Waals surface area contributed by atoms with E-state index in [2.05, 4.69) is 28.9 Å². The van der Waals surface area contributed by atoms with Gasteiger partial charge in [0, 0.05) is 10.7 Å².